The van der Waals surface area contributed by atoms with E-state index < -0.39 is 0 Å². The predicted octanol–water partition coefficient (Wildman–Crippen LogP) is 3.25. The van der Waals surface area contributed by atoms with E-state index in [0.29, 0.717) is 0 Å². The fourth-order valence-corrected chi connectivity index (χ4v) is 4.40. The Balaban J connectivity index is 0.00000176. The van der Waals surface area contributed by atoms with Crippen molar-refractivity contribution in [2.45, 2.75) is 33.4 Å². The van der Waals surface area contributed by atoms with E-state index >= 15 is 0 Å². The molecule has 1 atom stereocenters. The first-order valence-electron chi connectivity index (χ1n) is 7.43. The van der Waals surface area contributed by atoms with E-state index in [-0.39, 0.29) is 12.4 Å². The zero-order chi connectivity index (χ0) is 14.7. The lowest BCUT2D eigenvalue weighted by molar-refractivity contribution is 0.221. The van der Waals surface area contributed by atoms with E-state index in [1.54, 1.807) is 22.7 Å². The van der Waals surface area contributed by atoms with Crippen LogP contribution >= 0.6 is 35.1 Å². The third-order valence-corrected chi connectivity index (χ3v) is 5.79. The first-order valence-corrected chi connectivity index (χ1v) is 9.19. The van der Waals surface area contributed by atoms with Gasteiger partial charge in [-0.1, -0.05) is 0 Å². The van der Waals surface area contributed by atoms with Gasteiger partial charge in [0.2, 0.25) is 0 Å². The van der Waals surface area contributed by atoms with Crippen LogP contribution in [0.25, 0.3) is 0 Å². The van der Waals surface area contributed by atoms with Crippen LogP contribution in [0.4, 0.5) is 0 Å². The second kappa shape index (κ2) is 8.36. The summed E-state index contributed by atoms with van der Waals surface area (Å²) in [6.07, 6.45) is 1.29. The Morgan fingerprint density at radius 1 is 1.32 bits per heavy atom. The third-order valence-electron chi connectivity index (χ3n) is 3.92. The molecule has 1 fully saturated rings. The van der Waals surface area contributed by atoms with Gasteiger partial charge in [0.1, 0.15) is 5.01 Å². The summed E-state index contributed by atoms with van der Waals surface area (Å²) in [6, 6.07) is 0. The molecule has 0 aromatic carbocycles. The van der Waals surface area contributed by atoms with Crippen LogP contribution in [0.1, 0.15) is 27.7 Å². The molecule has 3 heterocycles. The molecule has 0 amide bonds. The summed E-state index contributed by atoms with van der Waals surface area (Å²) in [7, 11) is 0. The number of hydrogen-bond donors (Lipinski definition) is 1. The van der Waals surface area contributed by atoms with Crippen LogP contribution in [-0.4, -0.2) is 34.5 Å². The fraction of sp³-hybridized carbons (Fsp3) is 0.600. The highest BCUT2D eigenvalue weighted by atomic mass is 35.5. The van der Waals surface area contributed by atoms with Gasteiger partial charge in [-0.15, -0.1) is 35.1 Å². The van der Waals surface area contributed by atoms with Crippen LogP contribution in [0.5, 0.6) is 0 Å². The van der Waals surface area contributed by atoms with Crippen LogP contribution in [0.15, 0.2) is 10.9 Å². The molecule has 1 aliphatic rings. The Labute approximate surface area is 146 Å². The maximum Gasteiger partial charge on any atom is 0.107 e. The Morgan fingerprint density at radius 3 is 2.77 bits per heavy atom. The van der Waals surface area contributed by atoms with Gasteiger partial charge in [-0.3, -0.25) is 4.90 Å². The summed E-state index contributed by atoms with van der Waals surface area (Å²) in [4.78, 5) is 12.9. The van der Waals surface area contributed by atoms with Gasteiger partial charge >= 0.3 is 0 Å². The number of hydrogen-bond acceptors (Lipinski definition) is 6. The molecule has 1 aliphatic heterocycles. The summed E-state index contributed by atoms with van der Waals surface area (Å²) < 4.78 is 0. The average Bonchev–Trinajstić information content (AvgIpc) is 3.16. The van der Waals surface area contributed by atoms with Crippen molar-refractivity contribution in [3.63, 3.8) is 0 Å². The molecule has 22 heavy (non-hydrogen) atoms. The summed E-state index contributed by atoms with van der Waals surface area (Å²) in [5.74, 6) is 0.763. The number of thiazole rings is 2. The summed E-state index contributed by atoms with van der Waals surface area (Å²) >= 11 is 3.54. The SMILES string of the molecule is Cc1csc(CN(Cc2scnc2C)CC2CCNC2)n1.Cl. The van der Waals surface area contributed by atoms with E-state index in [9.17, 15) is 0 Å². The van der Waals surface area contributed by atoms with Crippen molar-refractivity contribution in [3.8, 4) is 0 Å². The van der Waals surface area contributed by atoms with Crippen molar-refractivity contribution in [1.29, 1.82) is 0 Å². The first kappa shape index (κ1) is 17.8. The molecule has 1 N–H and O–H groups in total. The highest BCUT2D eigenvalue weighted by Gasteiger charge is 2.20. The second-order valence-electron chi connectivity index (χ2n) is 5.77. The van der Waals surface area contributed by atoms with Gasteiger partial charge in [0.15, 0.2) is 0 Å². The number of nitrogens with zero attached hydrogens (tertiary/aromatic N) is 3. The van der Waals surface area contributed by atoms with Gasteiger partial charge in [0.05, 0.1) is 17.7 Å². The molecule has 0 radical (unpaired) electrons. The smallest absolute Gasteiger partial charge is 0.107 e. The zero-order valence-electron chi connectivity index (χ0n) is 13.0. The Morgan fingerprint density at radius 2 is 2.18 bits per heavy atom. The summed E-state index contributed by atoms with van der Waals surface area (Å²) in [5, 5.41) is 6.83. The molecular weight excluding hydrogens is 336 g/mol. The fourth-order valence-electron chi connectivity index (χ4n) is 2.77. The molecule has 0 spiro atoms. The molecule has 0 bridgehead atoms. The number of rotatable bonds is 6. The van der Waals surface area contributed by atoms with E-state index in [0.717, 1.165) is 44.3 Å². The topological polar surface area (TPSA) is 41.1 Å². The molecule has 0 aliphatic carbocycles. The lowest BCUT2D eigenvalue weighted by atomic mass is 10.1. The quantitative estimate of drug-likeness (QED) is 0.860. The second-order valence-corrected chi connectivity index (χ2v) is 7.65. The largest absolute Gasteiger partial charge is 0.316 e. The number of nitrogens with one attached hydrogen (secondary N) is 1. The minimum absolute atomic E-state index is 0. The Kier molecular flexibility index (Phi) is 6.77. The molecule has 2 aromatic heterocycles. The normalized spacial score (nSPS) is 17.9. The van der Waals surface area contributed by atoms with Crippen LogP contribution in [-0.2, 0) is 13.1 Å². The van der Waals surface area contributed by atoms with E-state index in [4.69, 9.17) is 0 Å². The standard InChI is InChI=1S/C15H22N4S2.ClH/c1-11-9-20-15(18-11)8-19(6-13-3-4-16-5-13)7-14-12(2)17-10-21-14;/h9-10,13,16H,3-8H2,1-2H3;1H. The van der Waals surface area contributed by atoms with Gasteiger partial charge in [0, 0.05) is 29.0 Å². The molecular formula is C15H23ClN4S2. The highest BCUT2D eigenvalue weighted by Crippen LogP contribution is 2.21. The van der Waals surface area contributed by atoms with Crippen molar-refractivity contribution >= 4 is 35.1 Å². The average molecular weight is 359 g/mol. The molecule has 1 unspecified atom stereocenters. The minimum atomic E-state index is 0. The maximum atomic E-state index is 4.63. The van der Waals surface area contributed by atoms with E-state index in [2.05, 4.69) is 39.4 Å². The van der Waals surface area contributed by atoms with Gasteiger partial charge in [-0.25, -0.2) is 9.97 Å². The number of aromatic nitrogens is 2. The molecule has 0 saturated carbocycles. The Hall–Kier alpha value is -0.530. The zero-order valence-corrected chi connectivity index (χ0v) is 15.5. The first-order chi connectivity index (χ1) is 10.2. The third kappa shape index (κ3) is 4.73. The van der Waals surface area contributed by atoms with Crippen molar-refractivity contribution in [1.82, 2.24) is 20.2 Å². The van der Waals surface area contributed by atoms with Crippen LogP contribution in [0.3, 0.4) is 0 Å². The number of aryl methyl sites for hydroxylation is 2. The van der Waals surface area contributed by atoms with Gasteiger partial charge < -0.3 is 5.32 Å². The highest BCUT2D eigenvalue weighted by molar-refractivity contribution is 7.10. The van der Waals surface area contributed by atoms with Crippen molar-refractivity contribution < 1.29 is 0 Å². The maximum absolute atomic E-state index is 4.63. The predicted molar refractivity (Wildman–Crippen MR) is 96.0 cm³/mol. The number of halogens is 1. The molecule has 3 rings (SSSR count). The molecule has 4 nitrogen and oxygen atoms in total. The molecule has 1 saturated heterocycles. The summed E-state index contributed by atoms with van der Waals surface area (Å²) in [5.41, 5.74) is 4.25. The van der Waals surface area contributed by atoms with E-state index in [1.165, 1.54) is 22.0 Å². The monoisotopic (exact) mass is 358 g/mol. The molecule has 2 aromatic rings. The van der Waals surface area contributed by atoms with Crippen LogP contribution in [0.2, 0.25) is 0 Å². The summed E-state index contributed by atoms with van der Waals surface area (Å²) in [6.45, 7) is 9.57. The van der Waals surface area contributed by atoms with E-state index in [1.807, 2.05) is 5.51 Å². The Bertz CT molecular complexity index is 578. The lowest BCUT2D eigenvalue weighted by Crippen LogP contribution is -2.29. The lowest BCUT2D eigenvalue weighted by Gasteiger charge is -2.24. The van der Waals surface area contributed by atoms with Crippen molar-refractivity contribution in [2.24, 2.45) is 5.92 Å². The van der Waals surface area contributed by atoms with Crippen molar-refractivity contribution in [3.05, 3.63) is 32.2 Å². The van der Waals surface area contributed by atoms with Crippen LogP contribution < -0.4 is 5.32 Å². The van der Waals surface area contributed by atoms with Gasteiger partial charge in [-0.2, -0.15) is 0 Å². The van der Waals surface area contributed by atoms with Gasteiger partial charge in [-0.05, 0) is 39.3 Å². The van der Waals surface area contributed by atoms with Gasteiger partial charge in [0.25, 0.3) is 0 Å². The van der Waals surface area contributed by atoms with Crippen molar-refractivity contribution in [2.75, 3.05) is 19.6 Å². The molecule has 7 heteroatoms. The minimum Gasteiger partial charge on any atom is -0.316 e. The molecule has 122 valence electrons. The van der Waals surface area contributed by atoms with Crippen LogP contribution in [0, 0.1) is 19.8 Å².